The van der Waals surface area contributed by atoms with Gasteiger partial charge in [0.25, 0.3) is 0 Å². The van der Waals surface area contributed by atoms with Gasteiger partial charge in [-0.2, -0.15) is 0 Å². The molecule has 2 heterocycles. The van der Waals surface area contributed by atoms with Gasteiger partial charge in [0.05, 0.1) is 7.11 Å². The molecule has 1 N–H and O–H groups in total. The zero-order valence-corrected chi connectivity index (χ0v) is 12.1. The second-order valence-electron chi connectivity index (χ2n) is 4.92. The number of hydrogen-bond donors (Lipinski definition) is 1. The molecule has 110 valence electrons. The van der Waals surface area contributed by atoms with Crippen LogP contribution < -0.4 is 19.5 Å². The van der Waals surface area contributed by atoms with Crippen molar-refractivity contribution in [3.05, 3.63) is 47.8 Å². The summed E-state index contributed by atoms with van der Waals surface area (Å²) in [5.41, 5.74) is 2.30. The molecule has 0 amide bonds. The van der Waals surface area contributed by atoms with Crippen molar-refractivity contribution in [1.82, 2.24) is 10.3 Å². The predicted molar refractivity (Wildman–Crippen MR) is 78.6 cm³/mol. The van der Waals surface area contributed by atoms with Crippen molar-refractivity contribution in [2.24, 2.45) is 0 Å². The van der Waals surface area contributed by atoms with Gasteiger partial charge in [-0.1, -0.05) is 0 Å². The van der Waals surface area contributed by atoms with E-state index in [-0.39, 0.29) is 12.8 Å². The van der Waals surface area contributed by atoms with E-state index in [0.717, 1.165) is 17.9 Å². The van der Waals surface area contributed by atoms with Crippen LogP contribution in [0.25, 0.3) is 0 Å². The van der Waals surface area contributed by atoms with E-state index in [1.54, 1.807) is 19.5 Å². The van der Waals surface area contributed by atoms with Crippen molar-refractivity contribution in [1.29, 1.82) is 0 Å². The molecular weight excluding hydrogens is 268 g/mol. The highest BCUT2D eigenvalue weighted by molar-refractivity contribution is 5.55. The Labute approximate surface area is 123 Å². The highest BCUT2D eigenvalue weighted by atomic mass is 16.7. The minimum Gasteiger partial charge on any atom is -0.493 e. The Kier molecular flexibility index (Phi) is 3.92. The SMILES string of the molecule is COc1cc(CN[C@@H](C)c2ccncc2)cc2c1OCO2. The fourth-order valence-electron chi connectivity index (χ4n) is 2.33. The summed E-state index contributed by atoms with van der Waals surface area (Å²) in [5, 5.41) is 3.48. The van der Waals surface area contributed by atoms with Crippen molar-refractivity contribution in [2.45, 2.75) is 19.5 Å². The summed E-state index contributed by atoms with van der Waals surface area (Å²) in [6.45, 7) is 3.09. The van der Waals surface area contributed by atoms with E-state index in [1.165, 1.54) is 5.56 Å². The summed E-state index contributed by atoms with van der Waals surface area (Å²) in [6, 6.07) is 8.22. The fraction of sp³-hybridized carbons (Fsp3) is 0.312. The number of benzene rings is 1. The summed E-state index contributed by atoms with van der Waals surface area (Å²) in [4.78, 5) is 4.03. The Morgan fingerprint density at radius 3 is 2.86 bits per heavy atom. The second kappa shape index (κ2) is 6.01. The van der Waals surface area contributed by atoms with Crippen molar-refractivity contribution in [3.63, 3.8) is 0 Å². The third-order valence-electron chi connectivity index (χ3n) is 3.54. The van der Waals surface area contributed by atoms with Gasteiger partial charge in [-0.15, -0.1) is 0 Å². The minimum atomic E-state index is 0.240. The van der Waals surface area contributed by atoms with Gasteiger partial charge in [0.15, 0.2) is 11.5 Å². The molecule has 1 aliphatic rings. The number of methoxy groups -OCH3 is 1. The lowest BCUT2D eigenvalue weighted by Gasteiger charge is -2.15. The Morgan fingerprint density at radius 2 is 2.10 bits per heavy atom. The van der Waals surface area contributed by atoms with E-state index >= 15 is 0 Å². The Morgan fingerprint density at radius 1 is 1.29 bits per heavy atom. The molecule has 0 radical (unpaired) electrons. The van der Waals surface area contributed by atoms with Crippen LogP contribution in [0.15, 0.2) is 36.7 Å². The topological polar surface area (TPSA) is 52.6 Å². The highest BCUT2D eigenvalue weighted by Crippen LogP contribution is 2.41. The van der Waals surface area contributed by atoms with Crippen LogP contribution in [-0.4, -0.2) is 18.9 Å². The second-order valence-corrected chi connectivity index (χ2v) is 4.92. The van der Waals surface area contributed by atoms with Gasteiger partial charge in [-0.25, -0.2) is 0 Å². The zero-order valence-electron chi connectivity index (χ0n) is 12.1. The number of pyridine rings is 1. The summed E-state index contributed by atoms with van der Waals surface area (Å²) >= 11 is 0. The van der Waals surface area contributed by atoms with Crippen LogP contribution in [0.1, 0.15) is 24.1 Å². The van der Waals surface area contributed by atoms with Gasteiger partial charge < -0.3 is 19.5 Å². The lowest BCUT2D eigenvalue weighted by atomic mass is 10.1. The minimum absolute atomic E-state index is 0.240. The van der Waals surface area contributed by atoms with E-state index in [2.05, 4.69) is 17.2 Å². The van der Waals surface area contributed by atoms with E-state index in [0.29, 0.717) is 11.5 Å². The summed E-state index contributed by atoms with van der Waals surface area (Å²) in [6.07, 6.45) is 3.61. The van der Waals surface area contributed by atoms with E-state index < -0.39 is 0 Å². The zero-order chi connectivity index (χ0) is 14.7. The van der Waals surface area contributed by atoms with Crippen LogP contribution in [0.4, 0.5) is 0 Å². The Hall–Kier alpha value is -2.27. The van der Waals surface area contributed by atoms with E-state index in [1.807, 2.05) is 24.3 Å². The molecule has 0 bridgehead atoms. The molecule has 0 aliphatic carbocycles. The monoisotopic (exact) mass is 286 g/mol. The molecule has 5 nitrogen and oxygen atoms in total. The largest absolute Gasteiger partial charge is 0.493 e. The molecule has 0 spiro atoms. The highest BCUT2D eigenvalue weighted by Gasteiger charge is 2.20. The molecule has 5 heteroatoms. The molecule has 0 saturated carbocycles. The maximum Gasteiger partial charge on any atom is 0.231 e. The van der Waals surface area contributed by atoms with Gasteiger partial charge >= 0.3 is 0 Å². The number of fused-ring (bicyclic) bond motifs is 1. The van der Waals surface area contributed by atoms with Gasteiger partial charge in [-0.3, -0.25) is 4.98 Å². The number of rotatable bonds is 5. The van der Waals surface area contributed by atoms with E-state index in [9.17, 15) is 0 Å². The number of aromatic nitrogens is 1. The number of ether oxygens (including phenoxy) is 3. The number of nitrogens with zero attached hydrogens (tertiary/aromatic N) is 1. The van der Waals surface area contributed by atoms with Crippen LogP contribution in [0.2, 0.25) is 0 Å². The lowest BCUT2D eigenvalue weighted by Crippen LogP contribution is -2.18. The average molecular weight is 286 g/mol. The number of nitrogens with one attached hydrogen (secondary N) is 1. The van der Waals surface area contributed by atoms with Crippen molar-refractivity contribution in [3.8, 4) is 17.2 Å². The molecule has 21 heavy (non-hydrogen) atoms. The smallest absolute Gasteiger partial charge is 0.231 e. The van der Waals surface area contributed by atoms with Gasteiger partial charge in [0, 0.05) is 25.0 Å². The van der Waals surface area contributed by atoms with Crippen LogP contribution in [-0.2, 0) is 6.54 Å². The maximum atomic E-state index is 5.43. The first-order valence-electron chi connectivity index (χ1n) is 6.87. The van der Waals surface area contributed by atoms with Crippen molar-refractivity contribution >= 4 is 0 Å². The molecule has 3 rings (SSSR count). The molecule has 0 saturated heterocycles. The molecule has 0 unspecified atom stereocenters. The molecule has 1 aromatic carbocycles. The molecule has 1 atom stereocenters. The molecule has 0 fully saturated rings. The third kappa shape index (κ3) is 2.92. The Balaban J connectivity index is 1.71. The normalized spacial score (nSPS) is 14.0. The van der Waals surface area contributed by atoms with Crippen molar-refractivity contribution in [2.75, 3.05) is 13.9 Å². The maximum absolute atomic E-state index is 5.43. The quantitative estimate of drug-likeness (QED) is 0.915. The first kappa shape index (κ1) is 13.7. The van der Waals surface area contributed by atoms with Crippen molar-refractivity contribution < 1.29 is 14.2 Å². The van der Waals surface area contributed by atoms with Crippen LogP contribution in [0, 0.1) is 0 Å². The molecule has 1 aromatic heterocycles. The van der Waals surface area contributed by atoms with Crippen LogP contribution >= 0.6 is 0 Å². The Bertz CT molecular complexity index is 616. The van der Waals surface area contributed by atoms with Gasteiger partial charge in [0.2, 0.25) is 12.5 Å². The molecule has 1 aliphatic heterocycles. The first-order valence-corrected chi connectivity index (χ1v) is 6.87. The summed E-state index contributed by atoms with van der Waals surface area (Å²) in [5.74, 6) is 2.13. The van der Waals surface area contributed by atoms with Crippen LogP contribution in [0.3, 0.4) is 0 Å². The summed E-state index contributed by atoms with van der Waals surface area (Å²) < 4.78 is 16.2. The summed E-state index contributed by atoms with van der Waals surface area (Å²) in [7, 11) is 1.63. The molecule has 2 aromatic rings. The first-order chi connectivity index (χ1) is 10.3. The fourth-order valence-corrected chi connectivity index (χ4v) is 2.33. The lowest BCUT2D eigenvalue weighted by molar-refractivity contribution is 0.171. The molecular formula is C16H18N2O3. The standard InChI is InChI=1S/C16H18N2O3/c1-11(13-3-5-17-6-4-13)18-9-12-7-14(19-2)16-15(8-12)20-10-21-16/h3-8,11,18H,9-10H2,1-2H3/t11-/m0/s1. The predicted octanol–water partition coefficient (Wildman–Crippen LogP) is 2.67. The third-order valence-corrected chi connectivity index (χ3v) is 3.54. The number of hydrogen-bond acceptors (Lipinski definition) is 5. The van der Waals surface area contributed by atoms with Crippen LogP contribution in [0.5, 0.6) is 17.2 Å². The van der Waals surface area contributed by atoms with Gasteiger partial charge in [-0.05, 0) is 42.3 Å². The average Bonchev–Trinajstić information content (AvgIpc) is 3.01. The van der Waals surface area contributed by atoms with E-state index in [4.69, 9.17) is 14.2 Å². The van der Waals surface area contributed by atoms with Gasteiger partial charge in [0.1, 0.15) is 0 Å².